The number of hydrogen-bond acceptors (Lipinski definition) is 9. The largest absolute Gasteiger partial charge is 0.494 e. The van der Waals surface area contributed by atoms with Crippen LogP contribution in [0.25, 0.3) is 11.4 Å². The second kappa shape index (κ2) is 9.47. The molecule has 11 nitrogen and oxygen atoms in total. The topological polar surface area (TPSA) is 148 Å². The van der Waals surface area contributed by atoms with E-state index in [4.69, 9.17) is 20.0 Å². The standard InChI is InChI=1S/C26H31N7O4/c1-26(2)12-15-19(32-37-22(15)23(27)34)20-16(26)13-28-25(31-20)29-17-9-7-8-14(21(17)36-4)24(35)30-18-10-5-6-11-33(18)3/h7-9,13,18H,5-6,10-12H2,1-4H3,(H2,27,34)(H,30,35)(H,28,29,31). The number of nitrogens with two attached hydrogens (primary N) is 1. The van der Waals surface area contributed by atoms with Crippen LogP contribution in [0.5, 0.6) is 5.75 Å². The number of likely N-dealkylation sites (tertiary alicyclic amines) is 1. The van der Waals surface area contributed by atoms with E-state index < -0.39 is 5.91 Å². The monoisotopic (exact) mass is 505 g/mol. The molecule has 0 spiro atoms. The van der Waals surface area contributed by atoms with Crippen molar-refractivity contribution in [3.63, 3.8) is 0 Å². The van der Waals surface area contributed by atoms with Crippen LogP contribution in [-0.4, -0.2) is 58.7 Å². The summed E-state index contributed by atoms with van der Waals surface area (Å²) in [4.78, 5) is 36.4. The van der Waals surface area contributed by atoms with Crippen molar-refractivity contribution in [2.75, 3.05) is 26.0 Å². The van der Waals surface area contributed by atoms with E-state index in [9.17, 15) is 9.59 Å². The third kappa shape index (κ3) is 4.50. The zero-order valence-electron chi connectivity index (χ0n) is 21.4. The molecule has 1 saturated heterocycles. The number of anilines is 2. The van der Waals surface area contributed by atoms with Crippen LogP contribution < -0.4 is 21.1 Å². The van der Waals surface area contributed by atoms with Gasteiger partial charge in [0.15, 0.2) is 5.75 Å². The number of nitrogens with one attached hydrogen (secondary N) is 2. The Bertz CT molecular complexity index is 1370. The Labute approximate surface area is 214 Å². The number of primary amides is 1. The second-order valence-corrected chi connectivity index (χ2v) is 10.2. The summed E-state index contributed by atoms with van der Waals surface area (Å²) in [5.41, 5.74) is 8.64. The first kappa shape index (κ1) is 24.7. The molecule has 1 unspecified atom stereocenters. The first-order valence-electron chi connectivity index (χ1n) is 12.3. The molecule has 11 heteroatoms. The molecule has 4 N–H and O–H groups in total. The third-order valence-corrected chi connectivity index (χ3v) is 7.15. The van der Waals surface area contributed by atoms with Gasteiger partial charge >= 0.3 is 0 Å². The number of fused-ring (bicyclic) bond motifs is 3. The van der Waals surface area contributed by atoms with Crippen molar-refractivity contribution in [3.05, 3.63) is 46.8 Å². The molecule has 1 atom stereocenters. The van der Waals surface area contributed by atoms with E-state index in [2.05, 4.69) is 25.7 Å². The highest BCUT2D eigenvalue weighted by molar-refractivity contribution is 5.99. The SMILES string of the molecule is COc1c(Nc2ncc3c(n2)-c2noc(C(N)=O)c2CC3(C)C)cccc1C(=O)NC1CCCCN1C. The van der Waals surface area contributed by atoms with Crippen molar-refractivity contribution in [3.8, 4) is 17.1 Å². The lowest BCUT2D eigenvalue weighted by molar-refractivity contribution is 0.0826. The lowest BCUT2D eigenvalue weighted by Crippen LogP contribution is -2.48. The van der Waals surface area contributed by atoms with Crippen LogP contribution in [0.3, 0.4) is 0 Å². The zero-order valence-corrected chi connectivity index (χ0v) is 21.4. The Morgan fingerprint density at radius 2 is 2.05 bits per heavy atom. The molecule has 1 aliphatic carbocycles. The van der Waals surface area contributed by atoms with E-state index in [0.717, 1.165) is 31.4 Å². The van der Waals surface area contributed by atoms with E-state index >= 15 is 0 Å². The number of benzene rings is 1. The van der Waals surface area contributed by atoms with Crippen molar-refractivity contribution >= 4 is 23.5 Å². The molecule has 37 heavy (non-hydrogen) atoms. The quantitative estimate of drug-likeness (QED) is 0.460. The molecule has 5 rings (SSSR count). The van der Waals surface area contributed by atoms with Crippen LogP contribution in [-0.2, 0) is 11.8 Å². The van der Waals surface area contributed by atoms with Crippen LogP contribution >= 0.6 is 0 Å². The highest BCUT2D eigenvalue weighted by atomic mass is 16.5. The summed E-state index contributed by atoms with van der Waals surface area (Å²) in [7, 11) is 3.54. The Morgan fingerprint density at radius 1 is 1.24 bits per heavy atom. The molecule has 2 amide bonds. The number of rotatable bonds is 6. The average molecular weight is 506 g/mol. The van der Waals surface area contributed by atoms with Crippen LogP contribution in [0.1, 0.15) is 65.1 Å². The number of aromatic nitrogens is 3. The van der Waals surface area contributed by atoms with Gasteiger partial charge in [-0.15, -0.1) is 0 Å². The number of piperidine rings is 1. The molecule has 0 radical (unpaired) electrons. The van der Waals surface area contributed by atoms with Crippen molar-refractivity contribution < 1.29 is 18.8 Å². The molecule has 1 fully saturated rings. The van der Waals surface area contributed by atoms with Crippen molar-refractivity contribution in [1.82, 2.24) is 25.3 Å². The number of amides is 2. The summed E-state index contributed by atoms with van der Waals surface area (Å²) >= 11 is 0. The fraction of sp³-hybridized carbons (Fsp3) is 0.423. The molecule has 2 aliphatic rings. The minimum absolute atomic E-state index is 0.0168. The molecule has 2 aromatic heterocycles. The van der Waals surface area contributed by atoms with Gasteiger partial charge in [0.2, 0.25) is 11.7 Å². The maximum Gasteiger partial charge on any atom is 0.287 e. The first-order chi connectivity index (χ1) is 17.7. The van der Waals surface area contributed by atoms with E-state index in [1.165, 1.54) is 7.11 Å². The van der Waals surface area contributed by atoms with Crippen molar-refractivity contribution in [2.24, 2.45) is 5.73 Å². The van der Waals surface area contributed by atoms with E-state index in [0.29, 0.717) is 40.4 Å². The molecule has 3 aromatic rings. The summed E-state index contributed by atoms with van der Waals surface area (Å²) in [5.74, 6) is -0.156. The smallest absolute Gasteiger partial charge is 0.287 e. The van der Waals surface area contributed by atoms with Crippen molar-refractivity contribution in [1.29, 1.82) is 0 Å². The summed E-state index contributed by atoms with van der Waals surface area (Å²) in [6.45, 7) is 5.03. The fourth-order valence-corrected chi connectivity index (χ4v) is 5.15. The Morgan fingerprint density at radius 3 is 2.78 bits per heavy atom. The molecule has 3 heterocycles. The molecule has 0 saturated carbocycles. The van der Waals surface area contributed by atoms with Crippen LogP contribution in [0.4, 0.5) is 11.6 Å². The lowest BCUT2D eigenvalue weighted by atomic mass is 9.74. The van der Waals surface area contributed by atoms with E-state index in [1.807, 2.05) is 20.9 Å². The van der Waals surface area contributed by atoms with Crippen LogP contribution in [0.15, 0.2) is 28.9 Å². The highest BCUT2D eigenvalue weighted by Gasteiger charge is 2.38. The highest BCUT2D eigenvalue weighted by Crippen LogP contribution is 2.43. The van der Waals surface area contributed by atoms with Crippen LogP contribution in [0.2, 0.25) is 0 Å². The number of methoxy groups -OCH3 is 1. The molecule has 194 valence electrons. The van der Waals surface area contributed by atoms with Gasteiger partial charge in [-0.2, -0.15) is 0 Å². The fourth-order valence-electron chi connectivity index (χ4n) is 5.15. The van der Waals surface area contributed by atoms with Gasteiger partial charge in [-0.1, -0.05) is 25.1 Å². The molecular formula is C26H31N7O4. The normalized spacial score (nSPS) is 18.4. The minimum Gasteiger partial charge on any atom is -0.494 e. The van der Waals surface area contributed by atoms with Gasteiger partial charge in [-0.3, -0.25) is 14.5 Å². The molecular weight excluding hydrogens is 474 g/mol. The molecule has 1 aromatic carbocycles. The Kier molecular flexibility index (Phi) is 6.32. The van der Waals surface area contributed by atoms with Gasteiger partial charge in [-0.25, -0.2) is 9.97 Å². The van der Waals surface area contributed by atoms with E-state index in [-0.39, 0.29) is 29.2 Å². The summed E-state index contributed by atoms with van der Waals surface area (Å²) in [6, 6.07) is 5.30. The second-order valence-electron chi connectivity index (χ2n) is 10.2. The summed E-state index contributed by atoms with van der Waals surface area (Å²) in [6.07, 6.45) is 5.36. The summed E-state index contributed by atoms with van der Waals surface area (Å²) in [5, 5.41) is 10.4. The Hall–Kier alpha value is -3.99. The number of para-hydroxylation sites is 1. The predicted octanol–water partition coefficient (Wildman–Crippen LogP) is 2.99. The molecule has 0 bridgehead atoms. The van der Waals surface area contributed by atoms with Gasteiger partial charge < -0.3 is 25.6 Å². The number of nitrogens with zero attached hydrogens (tertiary/aromatic N) is 4. The van der Waals surface area contributed by atoms with Gasteiger partial charge in [0, 0.05) is 17.3 Å². The number of hydrogen-bond donors (Lipinski definition) is 3. The van der Waals surface area contributed by atoms with Gasteiger partial charge in [0.25, 0.3) is 11.8 Å². The Balaban J connectivity index is 1.46. The first-order valence-corrected chi connectivity index (χ1v) is 12.3. The summed E-state index contributed by atoms with van der Waals surface area (Å²) < 4.78 is 10.9. The number of carbonyl (C=O) groups excluding carboxylic acids is 2. The zero-order chi connectivity index (χ0) is 26.3. The van der Waals surface area contributed by atoms with E-state index in [1.54, 1.807) is 24.4 Å². The predicted molar refractivity (Wildman–Crippen MR) is 137 cm³/mol. The minimum atomic E-state index is -0.667. The third-order valence-electron chi connectivity index (χ3n) is 7.15. The van der Waals surface area contributed by atoms with Gasteiger partial charge in [0.1, 0.15) is 11.4 Å². The van der Waals surface area contributed by atoms with Gasteiger partial charge in [0.05, 0.1) is 24.5 Å². The maximum absolute atomic E-state index is 13.2. The van der Waals surface area contributed by atoms with Crippen LogP contribution in [0, 0.1) is 0 Å². The van der Waals surface area contributed by atoms with Crippen molar-refractivity contribution in [2.45, 2.75) is 51.1 Å². The lowest BCUT2D eigenvalue weighted by Gasteiger charge is -2.33. The average Bonchev–Trinajstić information content (AvgIpc) is 3.28. The van der Waals surface area contributed by atoms with Gasteiger partial charge in [-0.05, 0) is 56.8 Å². The maximum atomic E-state index is 13.2. The number of ether oxygens (including phenoxy) is 1. The number of carbonyl (C=O) groups is 2. The molecule has 1 aliphatic heterocycles.